The fraction of sp³-hybridized carbons (Fsp3) is 0.538. The Kier molecular flexibility index (Phi) is 4.00. The van der Waals surface area contributed by atoms with E-state index in [2.05, 4.69) is 41.1 Å². The molecule has 1 heterocycles. The van der Waals surface area contributed by atoms with E-state index in [1.807, 2.05) is 0 Å². The second kappa shape index (κ2) is 5.30. The molecule has 1 aliphatic rings. The highest BCUT2D eigenvalue weighted by molar-refractivity contribution is 9.10. The lowest BCUT2D eigenvalue weighted by Gasteiger charge is -2.31. The monoisotopic (exact) mass is 284 g/mol. The standard InChI is InChI=1S/C13H17BrO2/c1-9-4-5-11(12(14)7-9)13-10(8-15)3-2-6-16-13/h4-5,7,10,13,15H,2-3,6,8H2,1H3. The minimum atomic E-state index is 0.0359. The molecule has 1 aromatic carbocycles. The van der Waals surface area contributed by atoms with Gasteiger partial charge in [0.15, 0.2) is 0 Å². The van der Waals surface area contributed by atoms with Crippen LogP contribution in [-0.4, -0.2) is 18.3 Å². The minimum absolute atomic E-state index is 0.0359. The van der Waals surface area contributed by atoms with Gasteiger partial charge in [0.2, 0.25) is 0 Å². The van der Waals surface area contributed by atoms with Crippen LogP contribution in [0.1, 0.15) is 30.1 Å². The first-order chi connectivity index (χ1) is 7.72. The first-order valence-electron chi connectivity index (χ1n) is 5.71. The molecule has 0 spiro atoms. The summed E-state index contributed by atoms with van der Waals surface area (Å²) in [6.45, 7) is 3.06. The number of aryl methyl sites for hydroxylation is 1. The summed E-state index contributed by atoms with van der Waals surface area (Å²) in [4.78, 5) is 0. The smallest absolute Gasteiger partial charge is 0.0885 e. The third kappa shape index (κ3) is 2.47. The molecule has 88 valence electrons. The van der Waals surface area contributed by atoms with Crippen molar-refractivity contribution in [2.45, 2.75) is 25.9 Å². The molecule has 2 unspecified atom stereocenters. The molecule has 0 radical (unpaired) electrons. The number of hydrogen-bond acceptors (Lipinski definition) is 2. The number of hydrogen-bond donors (Lipinski definition) is 1. The largest absolute Gasteiger partial charge is 0.396 e. The Bertz CT molecular complexity index is 365. The molecule has 2 rings (SSSR count). The molecule has 1 aliphatic heterocycles. The van der Waals surface area contributed by atoms with Gasteiger partial charge in [-0.3, -0.25) is 0 Å². The van der Waals surface area contributed by atoms with Gasteiger partial charge in [-0.15, -0.1) is 0 Å². The molecule has 2 nitrogen and oxygen atoms in total. The molecule has 0 aromatic heterocycles. The van der Waals surface area contributed by atoms with Gasteiger partial charge < -0.3 is 9.84 Å². The van der Waals surface area contributed by atoms with E-state index in [1.54, 1.807) is 0 Å². The minimum Gasteiger partial charge on any atom is -0.396 e. The molecule has 0 bridgehead atoms. The lowest BCUT2D eigenvalue weighted by Crippen LogP contribution is -2.25. The Morgan fingerprint density at radius 3 is 3.00 bits per heavy atom. The van der Waals surface area contributed by atoms with Gasteiger partial charge in [0, 0.05) is 23.6 Å². The number of halogens is 1. The number of aliphatic hydroxyl groups excluding tert-OH is 1. The molecule has 1 fully saturated rings. The predicted molar refractivity (Wildman–Crippen MR) is 67.4 cm³/mol. The Labute approximate surface area is 105 Å². The van der Waals surface area contributed by atoms with Gasteiger partial charge in [0.25, 0.3) is 0 Å². The summed E-state index contributed by atoms with van der Waals surface area (Å²) < 4.78 is 6.88. The van der Waals surface area contributed by atoms with E-state index in [0.717, 1.165) is 29.5 Å². The van der Waals surface area contributed by atoms with E-state index in [-0.39, 0.29) is 18.6 Å². The van der Waals surface area contributed by atoms with Gasteiger partial charge in [-0.1, -0.05) is 28.1 Å². The predicted octanol–water partition coefficient (Wildman–Crippen LogP) is 3.22. The second-order valence-corrected chi connectivity index (χ2v) is 5.26. The fourth-order valence-corrected chi connectivity index (χ4v) is 2.96. The Morgan fingerprint density at radius 1 is 1.50 bits per heavy atom. The molecule has 2 atom stereocenters. The molecule has 16 heavy (non-hydrogen) atoms. The quantitative estimate of drug-likeness (QED) is 0.904. The van der Waals surface area contributed by atoms with Crippen LogP contribution in [0.2, 0.25) is 0 Å². The number of rotatable bonds is 2. The van der Waals surface area contributed by atoms with E-state index in [0.29, 0.717) is 0 Å². The molecule has 1 N–H and O–H groups in total. The van der Waals surface area contributed by atoms with Crippen molar-refractivity contribution in [2.75, 3.05) is 13.2 Å². The summed E-state index contributed by atoms with van der Waals surface area (Å²) in [6, 6.07) is 6.28. The van der Waals surface area contributed by atoms with Crippen molar-refractivity contribution in [3.05, 3.63) is 33.8 Å². The van der Waals surface area contributed by atoms with E-state index < -0.39 is 0 Å². The third-order valence-electron chi connectivity index (χ3n) is 3.14. The van der Waals surface area contributed by atoms with Crippen molar-refractivity contribution in [3.63, 3.8) is 0 Å². The Morgan fingerprint density at radius 2 is 2.31 bits per heavy atom. The van der Waals surface area contributed by atoms with E-state index in [9.17, 15) is 5.11 Å². The van der Waals surface area contributed by atoms with Crippen molar-refractivity contribution >= 4 is 15.9 Å². The van der Waals surface area contributed by atoms with Gasteiger partial charge in [0.1, 0.15) is 0 Å². The lowest BCUT2D eigenvalue weighted by molar-refractivity contribution is -0.0460. The van der Waals surface area contributed by atoms with Crippen molar-refractivity contribution in [3.8, 4) is 0 Å². The van der Waals surface area contributed by atoms with Crippen LogP contribution >= 0.6 is 15.9 Å². The van der Waals surface area contributed by atoms with Crippen molar-refractivity contribution < 1.29 is 9.84 Å². The number of benzene rings is 1. The van der Waals surface area contributed by atoms with Gasteiger partial charge in [-0.05, 0) is 37.0 Å². The average molecular weight is 285 g/mol. The van der Waals surface area contributed by atoms with Crippen LogP contribution in [0.25, 0.3) is 0 Å². The summed E-state index contributed by atoms with van der Waals surface area (Å²) in [6.07, 6.45) is 2.13. The third-order valence-corrected chi connectivity index (χ3v) is 3.83. The van der Waals surface area contributed by atoms with Gasteiger partial charge in [0.05, 0.1) is 6.10 Å². The van der Waals surface area contributed by atoms with Crippen LogP contribution in [0.4, 0.5) is 0 Å². The van der Waals surface area contributed by atoms with Crippen molar-refractivity contribution in [1.29, 1.82) is 0 Å². The van der Waals surface area contributed by atoms with Crippen LogP contribution in [-0.2, 0) is 4.74 Å². The summed E-state index contributed by atoms with van der Waals surface area (Å²) in [5.41, 5.74) is 2.39. The van der Waals surface area contributed by atoms with Gasteiger partial charge in [-0.25, -0.2) is 0 Å². The Hall–Kier alpha value is -0.380. The zero-order valence-corrected chi connectivity index (χ0v) is 11.0. The zero-order chi connectivity index (χ0) is 11.5. The first-order valence-corrected chi connectivity index (χ1v) is 6.50. The van der Waals surface area contributed by atoms with Gasteiger partial charge >= 0.3 is 0 Å². The maximum atomic E-state index is 9.37. The maximum absolute atomic E-state index is 9.37. The molecule has 3 heteroatoms. The van der Waals surface area contributed by atoms with Crippen molar-refractivity contribution in [2.24, 2.45) is 5.92 Å². The van der Waals surface area contributed by atoms with E-state index in [4.69, 9.17) is 4.74 Å². The molecular formula is C13H17BrO2. The van der Waals surface area contributed by atoms with Crippen LogP contribution in [0.15, 0.2) is 22.7 Å². The lowest BCUT2D eigenvalue weighted by atomic mass is 9.90. The number of aliphatic hydroxyl groups is 1. The second-order valence-electron chi connectivity index (χ2n) is 4.40. The van der Waals surface area contributed by atoms with E-state index in [1.165, 1.54) is 5.56 Å². The topological polar surface area (TPSA) is 29.5 Å². The molecule has 1 saturated heterocycles. The summed E-state index contributed by atoms with van der Waals surface area (Å²) in [5.74, 6) is 0.229. The van der Waals surface area contributed by atoms with Gasteiger partial charge in [-0.2, -0.15) is 0 Å². The number of ether oxygens (including phenoxy) is 1. The van der Waals surface area contributed by atoms with Crippen molar-refractivity contribution in [1.82, 2.24) is 0 Å². The molecule has 0 saturated carbocycles. The normalized spacial score (nSPS) is 25.7. The first kappa shape index (κ1) is 12.1. The van der Waals surface area contributed by atoms with E-state index >= 15 is 0 Å². The highest BCUT2D eigenvalue weighted by Crippen LogP contribution is 2.37. The summed E-state index contributed by atoms with van der Waals surface area (Å²) >= 11 is 3.58. The molecule has 1 aromatic rings. The maximum Gasteiger partial charge on any atom is 0.0885 e. The Balaban J connectivity index is 2.27. The van der Waals surface area contributed by atoms with Crippen LogP contribution in [0, 0.1) is 12.8 Å². The molecular weight excluding hydrogens is 268 g/mol. The molecule has 0 amide bonds. The van der Waals surface area contributed by atoms with Crippen LogP contribution in [0.3, 0.4) is 0 Å². The average Bonchev–Trinajstić information content (AvgIpc) is 2.29. The SMILES string of the molecule is Cc1ccc(C2OCCCC2CO)c(Br)c1. The van der Waals surface area contributed by atoms with Crippen LogP contribution in [0.5, 0.6) is 0 Å². The molecule has 0 aliphatic carbocycles. The highest BCUT2D eigenvalue weighted by Gasteiger charge is 2.28. The summed E-state index contributed by atoms with van der Waals surface area (Å²) in [7, 11) is 0. The highest BCUT2D eigenvalue weighted by atomic mass is 79.9. The zero-order valence-electron chi connectivity index (χ0n) is 9.45. The fourth-order valence-electron chi connectivity index (χ4n) is 2.24. The summed E-state index contributed by atoms with van der Waals surface area (Å²) in [5, 5.41) is 9.37. The van der Waals surface area contributed by atoms with Crippen LogP contribution < -0.4 is 0 Å².